The lowest BCUT2D eigenvalue weighted by atomic mass is 10.1. The highest BCUT2D eigenvalue weighted by atomic mass is 35.5. The van der Waals surface area contributed by atoms with Crippen LogP contribution < -0.4 is 15.0 Å². The molecular formula is C18H19ClN2O2. The molecule has 2 aromatic rings. The lowest BCUT2D eigenvalue weighted by Crippen LogP contribution is -2.44. The van der Waals surface area contributed by atoms with Crippen LogP contribution in [0.2, 0.25) is 5.02 Å². The van der Waals surface area contributed by atoms with Crippen molar-refractivity contribution in [3.63, 3.8) is 0 Å². The van der Waals surface area contributed by atoms with Gasteiger partial charge >= 0.3 is 6.03 Å². The number of aryl methyl sites for hydroxylation is 1. The van der Waals surface area contributed by atoms with Crippen LogP contribution in [0, 0.1) is 0 Å². The predicted molar refractivity (Wildman–Crippen MR) is 93.7 cm³/mol. The van der Waals surface area contributed by atoms with Gasteiger partial charge in [0.1, 0.15) is 11.9 Å². The van der Waals surface area contributed by atoms with Gasteiger partial charge in [-0.15, -0.1) is 0 Å². The van der Waals surface area contributed by atoms with Gasteiger partial charge in [-0.3, -0.25) is 4.90 Å². The van der Waals surface area contributed by atoms with Crippen molar-refractivity contribution in [3.8, 4) is 5.75 Å². The first-order chi connectivity index (χ1) is 11.1. The Morgan fingerprint density at radius 3 is 2.74 bits per heavy atom. The molecule has 0 fully saturated rings. The smallest absolute Gasteiger partial charge is 0.326 e. The maximum atomic E-state index is 12.7. The third-order valence-corrected chi connectivity index (χ3v) is 4.07. The molecule has 1 aliphatic heterocycles. The zero-order chi connectivity index (χ0) is 16.4. The Bertz CT molecular complexity index is 715. The molecule has 0 saturated carbocycles. The van der Waals surface area contributed by atoms with E-state index in [4.69, 9.17) is 16.3 Å². The lowest BCUT2D eigenvalue weighted by Gasteiger charge is -2.33. The van der Waals surface area contributed by atoms with Crippen LogP contribution in [-0.4, -0.2) is 18.7 Å². The molecule has 0 saturated heterocycles. The monoisotopic (exact) mass is 330 g/mol. The van der Waals surface area contributed by atoms with E-state index in [9.17, 15) is 4.79 Å². The largest absolute Gasteiger partial charge is 0.487 e. The summed E-state index contributed by atoms with van der Waals surface area (Å²) in [6, 6.07) is 13.0. The van der Waals surface area contributed by atoms with Crippen molar-refractivity contribution in [2.45, 2.75) is 26.4 Å². The SMILES string of the molecule is CCc1ccc(NC(=O)N2C[C@@H](C)Oc3ccc(Cl)cc32)cc1. The highest BCUT2D eigenvalue weighted by molar-refractivity contribution is 6.31. The zero-order valence-electron chi connectivity index (χ0n) is 13.2. The number of carbonyl (C=O) groups is 1. The van der Waals surface area contributed by atoms with Crippen molar-refractivity contribution in [3.05, 3.63) is 53.1 Å². The van der Waals surface area contributed by atoms with Crippen LogP contribution in [-0.2, 0) is 6.42 Å². The summed E-state index contributed by atoms with van der Waals surface area (Å²) in [5, 5.41) is 3.51. The van der Waals surface area contributed by atoms with Gasteiger partial charge in [0, 0.05) is 10.7 Å². The molecule has 2 amide bonds. The molecule has 0 bridgehead atoms. The Morgan fingerprint density at radius 1 is 1.30 bits per heavy atom. The van der Waals surface area contributed by atoms with Crippen molar-refractivity contribution < 1.29 is 9.53 Å². The summed E-state index contributed by atoms with van der Waals surface area (Å²) < 4.78 is 5.77. The Kier molecular flexibility index (Phi) is 4.44. The fourth-order valence-corrected chi connectivity index (χ4v) is 2.78. The first kappa shape index (κ1) is 15.7. The Balaban J connectivity index is 1.83. The number of nitrogens with one attached hydrogen (secondary N) is 1. The number of nitrogens with zero attached hydrogens (tertiary/aromatic N) is 1. The van der Waals surface area contributed by atoms with Crippen LogP contribution in [0.3, 0.4) is 0 Å². The maximum Gasteiger partial charge on any atom is 0.326 e. The minimum Gasteiger partial charge on any atom is -0.487 e. The highest BCUT2D eigenvalue weighted by Gasteiger charge is 2.27. The van der Waals surface area contributed by atoms with E-state index in [-0.39, 0.29) is 12.1 Å². The minimum atomic E-state index is -0.187. The average Bonchev–Trinajstić information content (AvgIpc) is 2.55. The molecule has 23 heavy (non-hydrogen) atoms. The highest BCUT2D eigenvalue weighted by Crippen LogP contribution is 2.36. The van der Waals surface area contributed by atoms with Gasteiger partial charge in [0.05, 0.1) is 12.2 Å². The zero-order valence-corrected chi connectivity index (χ0v) is 13.9. The number of urea groups is 1. The summed E-state index contributed by atoms with van der Waals surface area (Å²) >= 11 is 6.06. The second kappa shape index (κ2) is 6.50. The van der Waals surface area contributed by atoms with E-state index in [0.29, 0.717) is 23.0 Å². The molecule has 5 heteroatoms. The lowest BCUT2D eigenvalue weighted by molar-refractivity contribution is 0.208. The van der Waals surface area contributed by atoms with Crippen molar-refractivity contribution >= 4 is 29.0 Å². The van der Waals surface area contributed by atoms with E-state index in [1.165, 1.54) is 5.56 Å². The summed E-state index contributed by atoms with van der Waals surface area (Å²) in [6.45, 7) is 4.52. The summed E-state index contributed by atoms with van der Waals surface area (Å²) in [6.07, 6.45) is 0.901. The Labute approximate surface area is 141 Å². The molecule has 0 unspecified atom stereocenters. The number of anilines is 2. The quantitative estimate of drug-likeness (QED) is 0.865. The molecule has 0 aromatic heterocycles. The van der Waals surface area contributed by atoms with Crippen LogP contribution in [0.4, 0.5) is 16.2 Å². The van der Waals surface area contributed by atoms with Gasteiger partial charge in [-0.2, -0.15) is 0 Å². The van der Waals surface area contributed by atoms with E-state index in [1.807, 2.05) is 31.2 Å². The van der Waals surface area contributed by atoms with Gasteiger partial charge in [0.25, 0.3) is 0 Å². The molecule has 1 aliphatic rings. The third-order valence-electron chi connectivity index (χ3n) is 3.84. The standard InChI is InChI=1S/C18H19ClN2O2/c1-3-13-4-7-15(8-5-13)20-18(22)21-11-12(2)23-17-9-6-14(19)10-16(17)21/h4-10,12H,3,11H2,1-2H3,(H,20,22)/t12-/m1/s1. The molecule has 1 N–H and O–H groups in total. The van der Waals surface area contributed by atoms with E-state index in [2.05, 4.69) is 12.2 Å². The van der Waals surface area contributed by atoms with Crippen LogP contribution in [0.25, 0.3) is 0 Å². The van der Waals surface area contributed by atoms with Crippen LogP contribution in [0.15, 0.2) is 42.5 Å². The molecular weight excluding hydrogens is 312 g/mol. The first-order valence-electron chi connectivity index (χ1n) is 7.70. The number of hydrogen-bond acceptors (Lipinski definition) is 2. The van der Waals surface area contributed by atoms with Gasteiger partial charge in [-0.25, -0.2) is 4.79 Å². The van der Waals surface area contributed by atoms with Crippen LogP contribution in [0.1, 0.15) is 19.4 Å². The number of carbonyl (C=O) groups excluding carboxylic acids is 1. The minimum absolute atomic E-state index is 0.0723. The number of benzene rings is 2. The summed E-state index contributed by atoms with van der Waals surface area (Å²) in [4.78, 5) is 14.3. The Morgan fingerprint density at radius 2 is 2.04 bits per heavy atom. The van der Waals surface area contributed by atoms with E-state index < -0.39 is 0 Å². The van der Waals surface area contributed by atoms with Gasteiger partial charge < -0.3 is 10.1 Å². The van der Waals surface area contributed by atoms with E-state index in [1.54, 1.807) is 23.1 Å². The van der Waals surface area contributed by atoms with Gasteiger partial charge in [-0.1, -0.05) is 30.7 Å². The van der Waals surface area contributed by atoms with Crippen molar-refractivity contribution in [1.82, 2.24) is 0 Å². The van der Waals surface area contributed by atoms with Crippen LogP contribution >= 0.6 is 11.6 Å². The second-order valence-electron chi connectivity index (χ2n) is 5.63. The fourth-order valence-electron chi connectivity index (χ4n) is 2.62. The molecule has 1 atom stereocenters. The first-order valence-corrected chi connectivity index (χ1v) is 8.08. The third kappa shape index (κ3) is 3.42. The molecule has 0 radical (unpaired) electrons. The fraction of sp³-hybridized carbons (Fsp3) is 0.278. The van der Waals surface area contributed by atoms with E-state index in [0.717, 1.165) is 12.1 Å². The van der Waals surface area contributed by atoms with Crippen LogP contribution in [0.5, 0.6) is 5.75 Å². The molecule has 4 nitrogen and oxygen atoms in total. The van der Waals surface area contributed by atoms with E-state index >= 15 is 0 Å². The normalized spacial score (nSPS) is 16.5. The molecule has 0 aliphatic carbocycles. The molecule has 1 heterocycles. The van der Waals surface area contributed by atoms with Crippen molar-refractivity contribution in [2.75, 3.05) is 16.8 Å². The molecule has 3 rings (SSSR count). The predicted octanol–water partition coefficient (Wildman–Crippen LogP) is 4.72. The summed E-state index contributed by atoms with van der Waals surface area (Å²) in [7, 11) is 0. The summed E-state index contributed by atoms with van der Waals surface area (Å²) in [5.74, 6) is 0.671. The number of fused-ring (bicyclic) bond motifs is 1. The molecule has 0 spiro atoms. The van der Waals surface area contributed by atoms with Gasteiger partial charge in [0.15, 0.2) is 0 Å². The van der Waals surface area contributed by atoms with Crippen molar-refractivity contribution in [2.24, 2.45) is 0 Å². The Hall–Kier alpha value is -2.20. The average molecular weight is 331 g/mol. The molecule has 2 aromatic carbocycles. The van der Waals surface area contributed by atoms with Gasteiger partial charge in [-0.05, 0) is 49.2 Å². The van der Waals surface area contributed by atoms with Crippen molar-refractivity contribution in [1.29, 1.82) is 0 Å². The van der Waals surface area contributed by atoms with Gasteiger partial charge in [0.2, 0.25) is 0 Å². The molecule has 120 valence electrons. The maximum absolute atomic E-state index is 12.7. The summed E-state index contributed by atoms with van der Waals surface area (Å²) in [5.41, 5.74) is 2.70. The topological polar surface area (TPSA) is 41.6 Å². The number of hydrogen-bond donors (Lipinski definition) is 1. The number of rotatable bonds is 2. The number of ether oxygens (including phenoxy) is 1. The second-order valence-corrected chi connectivity index (χ2v) is 6.07. The number of amides is 2. The number of halogens is 1.